The summed E-state index contributed by atoms with van der Waals surface area (Å²) in [4.78, 5) is 23.2. The second kappa shape index (κ2) is 8.02. The second-order valence-corrected chi connectivity index (χ2v) is 8.59. The van der Waals surface area contributed by atoms with Crippen LogP contribution in [-0.4, -0.2) is 69.4 Å². The third-order valence-corrected chi connectivity index (χ3v) is 6.56. The Morgan fingerprint density at radius 1 is 1.21 bits per heavy atom. The molecule has 2 aromatic heterocycles. The molecule has 10 nitrogen and oxygen atoms in total. The van der Waals surface area contributed by atoms with E-state index in [9.17, 15) is 15.0 Å². The lowest BCUT2D eigenvalue weighted by Crippen LogP contribution is -2.32. The molecular weight excluding hydrogens is 378 g/mol. The van der Waals surface area contributed by atoms with Crippen LogP contribution < -0.4 is 11.3 Å². The highest BCUT2D eigenvalue weighted by Gasteiger charge is 2.40. The first-order chi connectivity index (χ1) is 14.0. The molecule has 29 heavy (non-hydrogen) atoms. The molecule has 3 atom stereocenters. The molecule has 0 bridgehead atoms. The second-order valence-electron chi connectivity index (χ2n) is 8.59. The molecule has 10 heteroatoms. The third-order valence-electron chi connectivity index (χ3n) is 6.56. The Hall–Kier alpha value is -2.01. The van der Waals surface area contributed by atoms with Crippen LogP contribution in [0.2, 0.25) is 0 Å². The number of ether oxygens (including phenoxy) is 2. The zero-order chi connectivity index (χ0) is 20.5. The van der Waals surface area contributed by atoms with Crippen LogP contribution in [0, 0.1) is 10.8 Å². The number of nitrogens with one attached hydrogen (secondary N) is 1. The van der Waals surface area contributed by atoms with Crippen molar-refractivity contribution in [3.63, 3.8) is 0 Å². The average Bonchev–Trinajstić information content (AvgIpc) is 3.45. The first kappa shape index (κ1) is 20.3. The highest BCUT2D eigenvalue weighted by atomic mass is 16.5. The van der Waals surface area contributed by atoms with Gasteiger partial charge in [-0.05, 0) is 32.1 Å². The van der Waals surface area contributed by atoms with Gasteiger partial charge < -0.3 is 30.0 Å². The van der Waals surface area contributed by atoms with Gasteiger partial charge in [-0.15, -0.1) is 0 Å². The zero-order valence-electron chi connectivity index (χ0n) is 16.5. The van der Waals surface area contributed by atoms with Gasteiger partial charge in [0.15, 0.2) is 11.2 Å². The third kappa shape index (κ3) is 3.89. The molecule has 0 aromatic carbocycles. The molecule has 2 aliphatic rings. The molecule has 0 saturated carbocycles. The van der Waals surface area contributed by atoms with Gasteiger partial charge in [-0.25, -0.2) is 4.98 Å². The fourth-order valence-electron chi connectivity index (χ4n) is 4.57. The zero-order valence-corrected chi connectivity index (χ0v) is 16.5. The summed E-state index contributed by atoms with van der Waals surface area (Å²) in [5.74, 6) is 0.0418. The molecule has 0 radical (unpaired) electrons. The molecule has 2 fully saturated rings. The number of H-pyrrole nitrogens is 1. The van der Waals surface area contributed by atoms with Crippen LogP contribution >= 0.6 is 0 Å². The van der Waals surface area contributed by atoms with Crippen LogP contribution in [0.5, 0.6) is 0 Å². The van der Waals surface area contributed by atoms with Crippen LogP contribution in [0.3, 0.4) is 0 Å². The molecule has 4 rings (SSSR count). The molecule has 2 aromatic rings. The molecular formula is C19H29N5O5. The van der Waals surface area contributed by atoms with E-state index in [1.807, 2.05) is 4.57 Å². The summed E-state index contributed by atoms with van der Waals surface area (Å²) >= 11 is 0. The number of nitrogen functional groups attached to an aromatic ring is 1. The van der Waals surface area contributed by atoms with E-state index < -0.39 is 0 Å². The van der Waals surface area contributed by atoms with Crippen LogP contribution in [0.1, 0.15) is 38.1 Å². The Labute approximate surface area is 168 Å². The number of hydrogen-bond donors (Lipinski definition) is 4. The van der Waals surface area contributed by atoms with E-state index in [4.69, 9.17) is 15.2 Å². The molecule has 4 heterocycles. The van der Waals surface area contributed by atoms with Crippen LogP contribution in [0.25, 0.3) is 11.2 Å². The van der Waals surface area contributed by atoms with E-state index in [-0.39, 0.29) is 47.1 Å². The Morgan fingerprint density at radius 2 is 1.90 bits per heavy atom. The van der Waals surface area contributed by atoms with Gasteiger partial charge in [0, 0.05) is 30.1 Å². The van der Waals surface area contributed by atoms with Gasteiger partial charge in [-0.1, -0.05) is 0 Å². The lowest BCUT2D eigenvalue weighted by atomic mass is 9.77. The number of anilines is 1. The molecule has 160 valence electrons. The monoisotopic (exact) mass is 407 g/mol. The van der Waals surface area contributed by atoms with Crippen molar-refractivity contribution < 1.29 is 19.7 Å². The summed E-state index contributed by atoms with van der Waals surface area (Å²) in [6.45, 7) is 2.42. The Morgan fingerprint density at radius 3 is 2.52 bits per heavy atom. The summed E-state index contributed by atoms with van der Waals surface area (Å²) in [5.41, 5.74) is 5.48. The lowest BCUT2D eigenvalue weighted by molar-refractivity contribution is 0.0597. The van der Waals surface area contributed by atoms with E-state index in [2.05, 4.69) is 15.0 Å². The van der Waals surface area contributed by atoms with Crippen molar-refractivity contribution in [3.8, 4) is 0 Å². The molecule has 3 unspecified atom stereocenters. The predicted octanol–water partition coefficient (Wildman–Crippen LogP) is 0.211. The van der Waals surface area contributed by atoms with Gasteiger partial charge in [0.1, 0.15) is 0 Å². The summed E-state index contributed by atoms with van der Waals surface area (Å²) in [5, 5.41) is 20.0. The SMILES string of the molecule is Nc1nc2c(ncn2C(CCC2(CO)CCOC2)CC2(CO)CCOC2)c(=O)[nH]1. The molecule has 0 amide bonds. The van der Waals surface area contributed by atoms with E-state index in [0.717, 1.165) is 25.7 Å². The molecule has 5 N–H and O–H groups in total. The summed E-state index contributed by atoms with van der Waals surface area (Å²) in [7, 11) is 0. The van der Waals surface area contributed by atoms with Gasteiger partial charge in [-0.2, -0.15) is 4.98 Å². The maximum absolute atomic E-state index is 12.2. The number of aromatic amines is 1. The molecule has 2 aliphatic heterocycles. The van der Waals surface area contributed by atoms with Gasteiger partial charge in [0.25, 0.3) is 5.56 Å². The quantitative estimate of drug-likeness (QED) is 0.485. The maximum atomic E-state index is 12.2. The normalized spacial score (nSPS) is 28.3. The van der Waals surface area contributed by atoms with Crippen molar-refractivity contribution >= 4 is 17.1 Å². The van der Waals surface area contributed by atoms with Crippen molar-refractivity contribution in [2.75, 3.05) is 45.4 Å². The largest absolute Gasteiger partial charge is 0.396 e. The highest BCUT2D eigenvalue weighted by molar-refractivity contribution is 5.70. The van der Waals surface area contributed by atoms with Crippen molar-refractivity contribution in [2.24, 2.45) is 10.8 Å². The number of hydrogen-bond acceptors (Lipinski definition) is 8. The summed E-state index contributed by atoms with van der Waals surface area (Å²) < 4.78 is 13.0. The minimum Gasteiger partial charge on any atom is -0.396 e. The van der Waals surface area contributed by atoms with Crippen molar-refractivity contribution in [2.45, 2.75) is 38.1 Å². The van der Waals surface area contributed by atoms with E-state index in [0.29, 0.717) is 38.5 Å². The summed E-state index contributed by atoms with van der Waals surface area (Å²) in [6, 6.07) is -0.0772. The maximum Gasteiger partial charge on any atom is 0.280 e. The number of nitrogens with two attached hydrogens (primary N) is 1. The number of imidazole rings is 1. The minimum atomic E-state index is -0.373. The predicted molar refractivity (Wildman–Crippen MR) is 105 cm³/mol. The average molecular weight is 407 g/mol. The Kier molecular flexibility index (Phi) is 5.60. The molecule has 0 aliphatic carbocycles. The fraction of sp³-hybridized carbons (Fsp3) is 0.737. The first-order valence-electron chi connectivity index (χ1n) is 10.1. The minimum absolute atomic E-state index is 0.0283. The smallest absolute Gasteiger partial charge is 0.280 e. The number of fused-ring (bicyclic) bond motifs is 1. The van der Waals surface area contributed by atoms with Crippen LogP contribution in [0.4, 0.5) is 5.95 Å². The van der Waals surface area contributed by atoms with Crippen molar-refractivity contribution in [1.29, 1.82) is 0 Å². The Balaban J connectivity index is 1.67. The van der Waals surface area contributed by atoms with E-state index in [1.54, 1.807) is 6.33 Å². The van der Waals surface area contributed by atoms with Crippen LogP contribution in [-0.2, 0) is 9.47 Å². The fourth-order valence-corrected chi connectivity index (χ4v) is 4.57. The van der Waals surface area contributed by atoms with E-state index in [1.165, 1.54) is 0 Å². The highest BCUT2D eigenvalue weighted by Crippen LogP contribution is 2.42. The lowest BCUT2D eigenvalue weighted by Gasteiger charge is -2.33. The number of aromatic nitrogens is 4. The van der Waals surface area contributed by atoms with Gasteiger partial charge in [0.2, 0.25) is 5.95 Å². The van der Waals surface area contributed by atoms with Crippen molar-refractivity contribution in [1.82, 2.24) is 19.5 Å². The number of aliphatic hydroxyl groups excluding tert-OH is 2. The topological polar surface area (TPSA) is 149 Å². The van der Waals surface area contributed by atoms with E-state index >= 15 is 0 Å². The van der Waals surface area contributed by atoms with Gasteiger partial charge in [-0.3, -0.25) is 9.78 Å². The standard InChI is InChI=1S/C19H29N5O5/c20-17-22-15-14(16(27)23-17)21-12-24(15)13(7-19(9-26)4-6-29-11-19)1-2-18(8-25)3-5-28-10-18/h12-13,25-26H,1-11H2,(H3,20,22,23,27). The van der Waals surface area contributed by atoms with Crippen LogP contribution in [0.15, 0.2) is 11.1 Å². The Bertz CT molecular complexity index is 898. The van der Waals surface area contributed by atoms with Crippen molar-refractivity contribution in [3.05, 3.63) is 16.7 Å². The summed E-state index contributed by atoms with van der Waals surface area (Å²) in [6.07, 6.45) is 5.36. The van der Waals surface area contributed by atoms with Gasteiger partial charge in [0.05, 0.1) is 32.8 Å². The molecule has 0 spiro atoms. The number of rotatable bonds is 8. The first-order valence-corrected chi connectivity index (χ1v) is 10.1. The van der Waals surface area contributed by atoms with Gasteiger partial charge >= 0.3 is 0 Å². The number of nitrogens with zero attached hydrogens (tertiary/aromatic N) is 3. The molecule has 2 saturated heterocycles. The number of aliphatic hydroxyl groups is 2.